The summed E-state index contributed by atoms with van der Waals surface area (Å²) in [5.74, 6) is -0.286. The summed E-state index contributed by atoms with van der Waals surface area (Å²) >= 11 is 3.17. The van der Waals surface area contributed by atoms with E-state index in [1.54, 1.807) is 14.1 Å². The fourth-order valence-corrected chi connectivity index (χ4v) is 5.94. The van der Waals surface area contributed by atoms with Crippen molar-refractivity contribution in [1.29, 1.82) is 0 Å². The summed E-state index contributed by atoms with van der Waals surface area (Å²) in [7, 11) is -4.40. The number of sulfone groups is 1. The molecule has 0 aromatic heterocycles. The molecule has 0 spiro atoms. The second kappa shape index (κ2) is 6.74. The van der Waals surface area contributed by atoms with Crippen molar-refractivity contribution in [3.63, 3.8) is 0 Å². The lowest BCUT2D eigenvalue weighted by atomic mass is 10.2. The van der Waals surface area contributed by atoms with Gasteiger partial charge in [0.15, 0.2) is 9.84 Å². The Morgan fingerprint density at radius 3 is 2.42 bits per heavy atom. The quantitative estimate of drug-likeness (QED) is 0.701. The van der Waals surface area contributed by atoms with Crippen LogP contribution in [-0.2, 0) is 24.7 Å². The minimum absolute atomic E-state index is 0.0843. The molecule has 0 radical (unpaired) electrons. The first-order valence-corrected chi connectivity index (χ1v) is 11.3. The van der Waals surface area contributed by atoms with Crippen LogP contribution < -0.4 is 0 Å². The third-order valence-corrected chi connectivity index (χ3v) is 7.86. The van der Waals surface area contributed by atoms with Gasteiger partial charge in [0.2, 0.25) is 15.9 Å². The minimum atomic E-state index is -4.01. The molecule has 1 amide bonds. The molecule has 0 bridgehead atoms. The molecule has 1 atom stereocenters. The largest absolute Gasteiger partial charge is 0.347 e. The SMILES string of the molecule is CN(C)C(=O)C1CCCN1S(=O)(=O)c1cc(S(C)(=O)=O)ccc1Br. The van der Waals surface area contributed by atoms with Gasteiger partial charge in [-0.2, -0.15) is 4.31 Å². The summed E-state index contributed by atoms with van der Waals surface area (Å²) in [6, 6.07) is 3.09. The Kier molecular flexibility index (Phi) is 5.43. The lowest BCUT2D eigenvalue weighted by Crippen LogP contribution is -2.45. The molecule has 7 nitrogen and oxygen atoms in total. The minimum Gasteiger partial charge on any atom is -0.347 e. The summed E-state index contributed by atoms with van der Waals surface area (Å²) < 4.78 is 50.9. The lowest BCUT2D eigenvalue weighted by molar-refractivity contribution is -0.132. The van der Waals surface area contributed by atoms with Crippen LogP contribution in [0.3, 0.4) is 0 Å². The molecule has 0 N–H and O–H groups in total. The highest BCUT2D eigenvalue weighted by molar-refractivity contribution is 9.10. The van der Waals surface area contributed by atoms with Crippen molar-refractivity contribution >= 4 is 41.7 Å². The highest BCUT2D eigenvalue weighted by atomic mass is 79.9. The standard InChI is InChI=1S/C14H19BrN2O5S2/c1-16(2)14(18)12-5-4-8-17(12)24(21,22)13-9-10(23(3,19)20)6-7-11(13)15/h6-7,9,12H,4-5,8H2,1-3H3. The summed E-state index contributed by atoms with van der Waals surface area (Å²) in [5, 5.41) is 0. The summed E-state index contributed by atoms with van der Waals surface area (Å²) in [5.41, 5.74) is 0. The van der Waals surface area contributed by atoms with Gasteiger partial charge in [-0.3, -0.25) is 4.79 Å². The van der Waals surface area contributed by atoms with Crippen LogP contribution in [0.2, 0.25) is 0 Å². The van der Waals surface area contributed by atoms with E-state index in [4.69, 9.17) is 0 Å². The van der Waals surface area contributed by atoms with Gasteiger partial charge in [0.05, 0.1) is 9.79 Å². The molecule has 1 aliphatic heterocycles. The van der Waals surface area contributed by atoms with Gasteiger partial charge in [0.25, 0.3) is 0 Å². The summed E-state index contributed by atoms with van der Waals surface area (Å²) in [4.78, 5) is 13.4. The highest BCUT2D eigenvalue weighted by Gasteiger charge is 2.41. The van der Waals surface area contributed by atoms with E-state index in [0.717, 1.165) is 16.6 Å². The van der Waals surface area contributed by atoms with Crippen LogP contribution in [-0.4, -0.2) is 64.9 Å². The van der Waals surface area contributed by atoms with Gasteiger partial charge in [-0.25, -0.2) is 16.8 Å². The van der Waals surface area contributed by atoms with Crippen LogP contribution in [0, 0.1) is 0 Å². The number of benzene rings is 1. The average Bonchev–Trinajstić information content (AvgIpc) is 2.95. The molecule has 0 saturated carbocycles. The van der Waals surface area contributed by atoms with E-state index in [2.05, 4.69) is 15.9 Å². The number of hydrogen-bond donors (Lipinski definition) is 0. The molecule has 134 valence electrons. The van der Waals surface area contributed by atoms with Gasteiger partial charge >= 0.3 is 0 Å². The number of amides is 1. The van der Waals surface area contributed by atoms with Gasteiger partial charge < -0.3 is 4.90 Å². The first-order valence-electron chi connectivity index (χ1n) is 7.19. The molecule has 1 saturated heterocycles. The second-order valence-electron chi connectivity index (χ2n) is 5.87. The molecular weight excluding hydrogens is 420 g/mol. The van der Waals surface area contributed by atoms with Crippen molar-refractivity contribution in [1.82, 2.24) is 9.21 Å². The normalized spacial score (nSPS) is 19.4. The maximum atomic E-state index is 13.0. The molecule has 0 aliphatic carbocycles. The zero-order valence-corrected chi connectivity index (χ0v) is 16.8. The first-order chi connectivity index (χ1) is 11.0. The fourth-order valence-electron chi connectivity index (χ4n) is 2.61. The zero-order valence-electron chi connectivity index (χ0n) is 13.6. The molecule has 1 unspecified atom stereocenters. The highest BCUT2D eigenvalue weighted by Crippen LogP contribution is 2.32. The van der Waals surface area contributed by atoms with Crippen LogP contribution in [0.4, 0.5) is 0 Å². The van der Waals surface area contributed by atoms with Crippen molar-refractivity contribution in [2.24, 2.45) is 0 Å². The Bertz CT molecular complexity index is 865. The molecule has 10 heteroatoms. The molecule has 1 aromatic carbocycles. The Hall–Kier alpha value is -0.970. The van der Waals surface area contributed by atoms with Crippen molar-refractivity contribution in [2.75, 3.05) is 26.9 Å². The first kappa shape index (κ1) is 19.4. The number of rotatable bonds is 4. The number of sulfonamides is 1. The van der Waals surface area contributed by atoms with Gasteiger partial charge in [-0.05, 0) is 47.0 Å². The van der Waals surface area contributed by atoms with Crippen molar-refractivity contribution < 1.29 is 21.6 Å². The van der Waals surface area contributed by atoms with Crippen molar-refractivity contribution in [2.45, 2.75) is 28.7 Å². The van der Waals surface area contributed by atoms with E-state index < -0.39 is 25.9 Å². The van der Waals surface area contributed by atoms with E-state index >= 15 is 0 Å². The molecule has 1 aromatic rings. The number of hydrogen-bond acceptors (Lipinski definition) is 5. The number of carbonyl (C=O) groups excluding carboxylic acids is 1. The predicted octanol–water partition coefficient (Wildman–Crippen LogP) is 1.09. The van der Waals surface area contributed by atoms with Crippen molar-refractivity contribution in [3.05, 3.63) is 22.7 Å². The summed E-state index contributed by atoms with van der Waals surface area (Å²) in [6.07, 6.45) is 2.04. The van der Waals surface area contributed by atoms with E-state index in [0.29, 0.717) is 12.8 Å². The number of nitrogens with zero attached hydrogens (tertiary/aromatic N) is 2. The molecule has 2 rings (SSSR count). The Morgan fingerprint density at radius 2 is 1.88 bits per heavy atom. The number of likely N-dealkylation sites (N-methyl/N-ethyl adjacent to an activating group) is 1. The van der Waals surface area contributed by atoms with Crippen LogP contribution in [0.25, 0.3) is 0 Å². The topological polar surface area (TPSA) is 91.8 Å². The van der Waals surface area contributed by atoms with Crippen LogP contribution in [0.5, 0.6) is 0 Å². The molecule has 1 heterocycles. The zero-order chi connectivity index (χ0) is 18.3. The van der Waals surface area contributed by atoms with Crippen molar-refractivity contribution in [3.8, 4) is 0 Å². The molecular formula is C14H19BrN2O5S2. The smallest absolute Gasteiger partial charge is 0.244 e. The lowest BCUT2D eigenvalue weighted by Gasteiger charge is -2.26. The third kappa shape index (κ3) is 3.66. The molecule has 24 heavy (non-hydrogen) atoms. The Labute approximate surface area is 150 Å². The third-order valence-electron chi connectivity index (χ3n) is 3.85. The fraction of sp³-hybridized carbons (Fsp3) is 0.500. The second-order valence-corrected chi connectivity index (χ2v) is 10.6. The van der Waals surface area contributed by atoms with E-state index in [1.165, 1.54) is 17.0 Å². The van der Waals surface area contributed by atoms with E-state index in [-0.39, 0.29) is 26.7 Å². The maximum absolute atomic E-state index is 13.0. The Morgan fingerprint density at radius 1 is 1.25 bits per heavy atom. The van der Waals surface area contributed by atoms with E-state index in [1.807, 2.05) is 0 Å². The van der Waals surface area contributed by atoms with Gasteiger partial charge in [-0.15, -0.1) is 0 Å². The Balaban J connectivity index is 2.53. The van der Waals surface area contributed by atoms with Crippen LogP contribution in [0.15, 0.2) is 32.5 Å². The van der Waals surface area contributed by atoms with Crippen LogP contribution in [0.1, 0.15) is 12.8 Å². The van der Waals surface area contributed by atoms with Gasteiger partial charge in [0.1, 0.15) is 6.04 Å². The summed E-state index contributed by atoms with van der Waals surface area (Å²) in [6.45, 7) is 0.224. The van der Waals surface area contributed by atoms with Gasteiger partial charge in [0, 0.05) is 31.4 Å². The monoisotopic (exact) mass is 438 g/mol. The van der Waals surface area contributed by atoms with E-state index in [9.17, 15) is 21.6 Å². The maximum Gasteiger partial charge on any atom is 0.244 e. The molecule has 1 fully saturated rings. The van der Waals surface area contributed by atoms with Crippen LogP contribution >= 0.6 is 15.9 Å². The number of halogens is 1. The average molecular weight is 439 g/mol. The molecule has 1 aliphatic rings. The number of carbonyl (C=O) groups is 1. The predicted molar refractivity (Wildman–Crippen MR) is 92.9 cm³/mol. The van der Waals surface area contributed by atoms with Gasteiger partial charge in [-0.1, -0.05) is 0 Å².